The third-order valence-electron chi connectivity index (χ3n) is 9.95. The monoisotopic (exact) mass is 653 g/mol. The van der Waals surface area contributed by atoms with Crippen molar-refractivity contribution >= 4 is 55.2 Å². The van der Waals surface area contributed by atoms with Crippen molar-refractivity contribution in [2.75, 3.05) is 0 Å². The highest BCUT2D eigenvalue weighted by molar-refractivity contribution is 6.15. The highest BCUT2D eigenvalue weighted by Crippen LogP contribution is 2.41. The molecule has 240 valence electrons. The van der Waals surface area contributed by atoms with Gasteiger partial charge in [-0.2, -0.15) is 0 Å². The summed E-state index contributed by atoms with van der Waals surface area (Å²) in [6.45, 7) is 0. The highest BCUT2D eigenvalue weighted by atomic mass is 16.3. The number of rotatable bonds is 5. The molecule has 1 aromatic heterocycles. The van der Waals surface area contributed by atoms with Crippen LogP contribution in [0, 0.1) is 0 Å². The summed E-state index contributed by atoms with van der Waals surface area (Å²) in [6, 6.07) is 61.6. The number of benzene rings is 8. The number of nitrogens with one attached hydrogen (secondary N) is 1. The predicted molar refractivity (Wildman–Crippen MR) is 211 cm³/mol. The average Bonchev–Trinajstić information content (AvgIpc) is 3.59. The molecule has 0 bridgehead atoms. The van der Waals surface area contributed by atoms with Crippen molar-refractivity contribution in [2.24, 2.45) is 9.98 Å². The van der Waals surface area contributed by atoms with Crippen LogP contribution >= 0.6 is 0 Å². The van der Waals surface area contributed by atoms with Crippen LogP contribution in [-0.2, 0) is 0 Å². The summed E-state index contributed by atoms with van der Waals surface area (Å²) in [5, 5.41) is 10.9. The van der Waals surface area contributed by atoms with E-state index in [1.54, 1.807) is 0 Å². The van der Waals surface area contributed by atoms with Crippen LogP contribution in [0.3, 0.4) is 0 Å². The van der Waals surface area contributed by atoms with Crippen LogP contribution in [0.1, 0.15) is 22.9 Å². The van der Waals surface area contributed by atoms with E-state index < -0.39 is 6.17 Å². The zero-order valence-electron chi connectivity index (χ0n) is 27.6. The minimum Gasteiger partial charge on any atom is -0.456 e. The quantitative estimate of drug-likeness (QED) is 0.188. The molecule has 1 unspecified atom stereocenters. The maximum Gasteiger partial charge on any atom is 0.159 e. The van der Waals surface area contributed by atoms with Crippen LogP contribution in [0.2, 0.25) is 0 Å². The number of hydrogen-bond donors (Lipinski definition) is 1. The molecule has 0 amide bonds. The third-order valence-corrected chi connectivity index (χ3v) is 9.95. The average molecular weight is 654 g/mol. The minimum atomic E-state index is -0.428. The molecular formula is C47H31N3O. The van der Waals surface area contributed by atoms with Crippen molar-refractivity contribution in [3.05, 3.63) is 193 Å². The van der Waals surface area contributed by atoms with Crippen LogP contribution in [0.5, 0.6) is 0 Å². The van der Waals surface area contributed by atoms with Crippen molar-refractivity contribution in [1.29, 1.82) is 0 Å². The topological polar surface area (TPSA) is 49.9 Å². The van der Waals surface area contributed by atoms with E-state index in [2.05, 4.69) is 145 Å². The first-order valence-corrected chi connectivity index (χ1v) is 17.3. The lowest BCUT2D eigenvalue weighted by Crippen LogP contribution is -2.34. The predicted octanol–water partition coefficient (Wildman–Crippen LogP) is 11.7. The maximum absolute atomic E-state index is 6.39. The van der Waals surface area contributed by atoms with E-state index >= 15 is 0 Å². The lowest BCUT2D eigenvalue weighted by molar-refractivity contribution is 0.663. The van der Waals surface area contributed by atoms with E-state index in [0.717, 1.165) is 61.2 Å². The van der Waals surface area contributed by atoms with Crippen LogP contribution in [0.15, 0.2) is 190 Å². The smallest absolute Gasteiger partial charge is 0.159 e. The number of fused-ring (bicyclic) bond motifs is 6. The summed E-state index contributed by atoms with van der Waals surface area (Å²) >= 11 is 0. The first kappa shape index (κ1) is 29.2. The highest BCUT2D eigenvalue weighted by Gasteiger charge is 2.27. The molecule has 10 rings (SSSR count). The molecule has 0 spiro atoms. The first-order chi connectivity index (χ1) is 25.3. The fourth-order valence-electron chi connectivity index (χ4n) is 7.47. The van der Waals surface area contributed by atoms with Crippen molar-refractivity contribution in [3.8, 4) is 22.3 Å². The molecular weight excluding hydrogens is 623 g/mol. The molecule has 0 saturated carbocycles. The van der Waals surface area contributed by atoms with Gasteiger partial charge < -0.3 is 9.73 Å². The summed E-state index contributed by atoms with van der Waals surface area (Å²) in [5.41, 5.74) is 9.25. The molecule has 1 aliphatic heterocycles. The van der Waals surface area contributed by atoms with Crippen LogP contribution in [0.4, 0.5) is 0 Å². The van der Waals surface area contributed by atoms with Gasteiger partial charge in [-0.15, -0.1) is 0 Å². The number of hydrogen-bond acceptors (Lipinski definition) is 4. The fraction of sp³-hybridized carbons (Fsp3) is 0.0213. The Morgan fingerprint density at radius 1 is 0.451 bits per heavy atom. The fourth-order valence-corrected chi connectivity index (χ4v) is 7.47. The van der Waals surface area contributed by atoms with Crippen molar-refractivity contribution in [2.45, 2.75) is 6.17 Å². The zero-order valence-corrected chi connectivity index (χ0v) is 27.6. The van der Waals surface area contributed by atoms with E-state index in [0.29, 0.717) is 5.84 Å². The second kappa shape index (κ2) is 12.0. The van der Waals surface area contributed by atoms with Crippen molar-refractivity contribution < 1.29 is 4.42 Å². The van der Waals surface area contributed by atoms with Gasteiger partial charge in [-0.1, -0.05) is 158 Å². The summed E-state index contributed by atoms with van der Waals surface area (Å²) in [5.74, 6) is 1.46. The van der Waals surface area contributed by atoms with Crippen LogP contribution in [-0.4, -0.2) is 11.7 Å². The normalized spacial score (nSPS) is 14.5. The molecule has 9 aromatic rings. The SMILES string of the molecule is c1ccc(C2=NC(c3ccc(-c4ccc5c(ccc6ccccc65)c4)cc3)=NC(c3c(-c4ccccc4)ccc4oc5ccccc5c34)N2)cc1. The Morgan fingerprint density at radius 3 is 1.92 bits per heavy atom. The standard InChI is InChI=1S/C47H31N3O/c1-3-11-31(12-4-1)39-27-28-42-43(40-17-9-10-18-41(40)51-42)44(39)47-49-45(33-14-5-2-6-15-33)48-46(50-47)34-22-19-30(20-23-34)35-25-26-38-36(29-35)24-21-32-13-7-8-16-37(32)38/h1-29,47H,(H,48,49,50). The van der Waals surface area contributed by atoms with Gasteiger partial charge in [0.25, 0.3) is 0 Å². The Labute approximate surface area is 295 Å². The van der Waals surface area contributed by atoms with Gasteiger partial charge in [-0.25, -0.2) is 9.98 Å². The second-order valence-electron chi connectivity index (χ2n) is 13.0. The van der Waals surface area contributed by atoms with Crippen LogP contribution in [0.25, 0.3) is 65.7 Å². The van der Waals surface area contributed by atoms with Gasteiger partial charge >= 0.3 is 0 Å². The number of nitrogens with zero attached hydrogens (tertiary/aromatic N) is 2. The number of para-hydroxylation sites is 1. The molecule has 0 fully saturated rings. The summed E-state index contributed by atoms with van der Waals surface area (Å²) in [4.78, 5) is 10.5. The molecule has 1 N–H and O–H groups in total. The van der Waals surface area contributed by atoms with E-state index in [1.165, 1.54) is 27.1 Å². The Balaban J connectivity index is 1.11. The molecule has 2 heterocycles. The Hall–Kier alpha value is -6.78. The molecule has 8 aromatic carbocycles. The van der Waals surface area contributed by atoms with Gasteiger partial charge in [0.2, 0.25) is 0 Å². The Bertz CT molecular complexity index is 2820. The van der Waals surface area contributed by atoms with Gasteiger partial charge in [-0.3, -0.25) is 0 Å². The summed E-state index contributed by atoms with van der Waals surface area (Å²) < 4.78 is 6.39. The van der Waals surface area contributed by atoms with E-state index in [-0.39, 0.29) is 0 Å². The number of amidine groups is 2. The summed E-state index contributed by atoms with van der Waals surface area (Å²) in [6.07, 6.45) is -0.428. The Kier molecular flexibility index (Phi) is 6.85. The molecule has 1 aliphatic rings. The van der Waals surface area contributed by atoms with E-state index in [4.69, 9.17) is 14.4 Å². The minimum absolute atomic E-state index is 0.428. The Morgan fingerprint density at radius 2 is 1.10 bits per heavy atom. The molecule has 51 heavy (non-hydrogen) atoms. The molecule has 4 heteroatoms. The van der Waals surface area contributed by atoms with Gasteiger partial charge in [0, 0.05) is 27.5 Å². The van der Waals surface area contributed by atoms with Gasteiger partial charge in [0.05, 0.1) is 0 Å². The molecule has 1 atom stereocenters. The number of furan rings is 1. The molecule has 4 nitrogen and oxygen atoms in total. The molecule has 0 saturated heterocycles. The van der Waals surface area contributed by atoms with Crippen molar-refractivity contribution in [3.63, 3.8) is 0 Å². The maximum atomic E-state index is 6.39. The zero-order chi connectivity index (χ0) is 33.7. The number of aliphatic imine (C=N–C) groups is 2. The third kappa shape index (κ3) is 5.08. The summed E-state index contributed by atoms with van der Waals surface area (Å²) in [7, 11) is 0. The first-order valence-electron chi connectivity index (χ1n) is 17.3. The van der Waals surface area contributed by atoms with Gasteiger partial charge in [0.15, 0.2) is 5.84 Å². The van der Waals surface area contributed by atoms with Crippen molar-refractivity contribution in [1.82, 2.24) is 5.32 Å². The molecule has 0 aliphatic carbocycles. The van der Waals surface area contributed by atoms with E-state index in [1.807, 2.05) is 36.4 Å². The second-order valence-corrected chi connectivity index (χ2v) is 13.0. The lowest BCUT2D eigenvalue weighted by atomic mass is 9.93. The lowest BCUT2D eigenvalue weighted by Gasteiger charge is -2.26. The van der Waals surface area contributed by atoms with Gasteiger partial charge in [-0.05, 0) is 62.0 Å². The van der Waals surface area contributed by atoms with Gasteiger partial charge in [0.1, 0.15) is 23.2 Å². The van der Waals surface area contributed by atoms with Crippen LogP contribution < -0.4 is 5.32 Å². The largest absolute Gasteiger partial charge is 0.456 e. The molecule has 0 radical (unpaired) electrons. The van der Waals surface area contributed by atoms with E-state index in [9.17, 15) is 0 Å².